The molecule has 1 spiro atoms. The number of ketones is 2. The zero-order chi connectivity index (χ0) is 31.6. The first-order valence-corrected chi connectivity index (χ1v) is 14.2. The minimum atomic E-state index is -1.60. The SMILES string of the molecule is CC1=C[C@H]2N(c3ccccc31)[C@@H](C(=O)c1ccc([N+](=O)[O-])cc1)[C@@H](C(=O)c1cccc([N+](=O)[O-])c1)[C@@]21C(=O)Nc2ccccc21. The summed E-state index contributed by atoms with van der Waals surface area (Å²) in [5.41, 5.74) is 1.36. The number of fused-ring (bicyclic) bond motifs is 6. The Morgan fingerprint density at radius 3 is 2.22 bits per heavy atom. The summed E-state index contributed by atoms with van der Waals surface area (Å²) in [7, 11) is 0. The van der Waals surface area contributed by atoms with Crippen molar-refractivity contribution in [3.8, 4) is 0 Å². The van der Waals surface area contributed by atoms with Crippen LogP contribution in [-0.2, 0) is 10.2 Å². The molecule has 1 N–H and O–H groups in total. The molecule has 3 aliphatic heterocycles. The van der Waals surface area contributed by atoms with Crippen molar-refractivity contribution < 1.29 is 24.2 Å². The molecule has 222 valence electrons. The minimum absolute atomic E-state index is 0.0129. The number of hydrogen-bond acceptors (Lipinski definition) is 8. The van der Waals surface area contributed by atoms with Gasteiger partial charge in [0.05, 0.1) is 21.8 Å². The highest BCUT2D eigenvalue weighted by Gasteiger charge is 2.70. The number of Topliss-reactive ketones (excluding diaryl/α,β-unsaturated/α-hetero) is 2. The first-order chi connectivity index (χ1) is 21.6. The van der Waals surface area contributed by atoms with E-state index in [4.69, 9.17) is 0 Å². The maximum Gasteiger partial charge on any atom is 0.270 e. The summed E-state index contributed by atoms with van der Waals surface area (Å²) in [6.45, 7) is 1.91. The van der Waals surface area contributed by atoms with Gasteiger partial charge in [0.15, 0.2) is 11.6 Å². The van der Waals surface area contributed by atoms with Gasteiger partial charge in [0, 0.05) is 52.3 Å². The molecule has 1 saturated heterocycles. The number of nitro benzene ring substituents is 2. The molecule has 3 heterocycles. The largest absolute Gasteiger partial charge is 0.352 e. The Bertz CT molecular complexity index is 2000. The van der Waals surface area contributed by atoms with Gasteiger partial charge in [0.1, 0.15) is 11.5 Å². The molecule has 0 unspecified atom stereocenters. The number of amides is 1. The normalized spacial score (nSPS) is 22.6. The fourth-order valence-corrected chi connectivity index (χ4v) is 7.26. The van der Waals surface area contributed by atoms with Crippen molar-refractivity contribution in [1.29, 1.82) is 0 Å². The molecule has 1 fully saturated rings. The predicted molar refractivity (Wildman–Crippen MR) is 165 cm³/mol. The average Bonchev–Trinajstić information content (AvgIpc) is 3.52. The highest BCUT2D eigenvalue weighted by molar-refractivity contribution is 6.18. The lowest BCUT2D eigenvalue weighted by molar-refractivity contribution is -0.385. The monoisotopic (exact) mass is 600 g/mol. The highest BCUT2D eigenvalue weighted by atomic mass is 16.6. The van der Waals surface area contributed by atoms with E-state index in [9.17, 15) is 34.6 Å². The maximum atomic E-state index is 14.9. The molecule has 4 atom stereocenters. The molecule has 7 rings (SSSR count). The second-order valence-corrected chi connectivity index (χ2v) is 11.4. The van der Waals surface area contributed by atoms with Crippen molar-refractivity contribution in [2.45, 2.75) is 24.4 Å². The van der Waals surface area contributed by atoms with E-state index in [1.165, 1.54) is 42.5 Å². The van der Waals surface area contributed by atoms with E-state index < -0.39 is 50.7 Å². The minimum Gasteiger partial charge on any atom is -0.352 e. The summed E-state index contributed by atoms with van der Waals surface area (Å²) in [4.78, 5) is 67.7. The molecule has 11 heteroatoms. The number of non-ortho nitro benzene ring substituents is 2. The zero-order valence-corrected chi connectivity index (χ0v) is 23.7. The quantitative estimate of drug-likeness (QED) is 0.167. The van der Waals surface area contributed by atoms with Crippen molar-refractivity contribution in [3.63, 3.8) is 0 Å². The lowest BCUT2D eigenvalue weighted by Crippen LogP contribution is -2.51. The topological polar surface area (TPSA) is 153 Å². The molecule has 1 amide bonds. The van der Waals surface area contributed by atoms with Crippen molar-refractivity contribution in [2.75, 3.05) is 10.2 Å². The second kappa shape index (κ2) is 10.1. The Kier molecular flexibility index (Phi) is 6.22. The molecule has 0 radical (unpaired) electrons. The maximum absolute atomic E-state index is 14.9. The smallest absolute Gasteiger partial charge is 0.270 e. The Morgan fingerprint density at radius 2 is 1.49 bits per heavy atom. The third-order valence-electron chi connectivity index (χ3n) is 9.14. The number of nitrogens with one attached hydrogen (secondary N) is 1. The van der Waals surface area contributed by atoms with Crippen LogP contribution in [0.1, 0.15) is 38.8 Å². The first-order valence-electron chi connectivity index (χ1n) is 14.2. The van der Waals surface area contributed by atoms with E-state index in [2.05, 4.69) is 5.32 Å². The molecule has 0 aliphatic carbocycles. The number of para-hydroxylation sites is 2. The zero-order valence-electron chi connectivity index (χ0n) is 23.7. The van der Waals surface area contributed by atoms with Crippen molar-refractivity contribution in [1.82, 2.24) is 0 Å². The van der Waals surface area contributed by atoms with Gasteiger partial charge in [-0.15, -0.1) is 0 Å². The number of carbonyl (C=O) groups excluding carboxylic acids is 3. The molecule has 4 aromatic carbocycles. The van der Waals surface area contributed by atoms with Crippen LogP contribution in [0, 0.1) is 26.1 Å². The second-order valence-electron chi connectivity index (χ2n) is 11.4. The van der Waals surface area contributed by atoms with Crippen LogP contribution in [0.15, 0.2) is 103 Å². The highest BCUT2D eigenvalue weighted by Crippen LogP contribution is 2.58. The number of allylic oxidation sites excluding steroid dienone is 1. The van der Waals surface area contributed by atoms with Crippen LogP contribution >= 0.6 is 0 Å². The van der Waals surface area contributed by atoms with Gasteiger partial charge in [-0.2, -0.15) is 0 Å². The van der Waals surface area contributed by atoms with E-state index in [0.29, 0.717) is 16.9 Å². The number of hydrogen-bond donors (Lipinski definition) is 1. The average molecular weight is 601 g/mol. The van der Waals surface area contributed by atoms with Crippen LogP contribution in [-0.4, -0.2) is 39.4 Å². The number of benzene rings is 4. The van der Waals surface area contributed by atoms with E-state index >= 15 is 0 Å². The Balaban J connectivity index is 1.53. The molecular weight excluding hydrogens is 576 g/mol. The summed E-state index contributed by atoms with van der Waals surface area (Å²) < 4.78 is 0. The molecule has 0 bridgehead atoms. The number of rotatable bonds is 6. The van der Waals surface area contributed by atoms with E-state index in [1.807, 2.05) is 42.2 Å². The van der Waals surface area contributed by atoms with Gasteiger partial charge in [-0.05, 0) is 42.3 Å². The predicted octanol–water partition coefficient (Wildman–Crippen LogP) is 5.75. The van der Waals surface area contributed by atoms with Crippen molar-refractivity contribution in [2.24, 2.45) is 5.92 Å². The number of anilines is 2. The summed E-state index contributed by atoms with van der Waals surface area (Å²) in [5.74, 6) is -2.93. The fraction of sp³-hybridized carbons (Fsp3) is 0.147. The lowest BCUT2D eigenvalue weighted by atomic mass is 9.64. The van der Waals surface area contributed by atoms with Crippen LogP contribution in [0.4, 0.5) is 22.7 Å². The Hall–Kier alpha value is -5.97. The Morgan fingerprint density at radius 1 is 0.800 bits per heavy atom. The van der Waals surface area contributed by atoms with E-state index in [1.54, 1.807) is 24.3 Å². The van der Waals surface area contributed by atoms with Crippen LogP contribution in [0.5, 0.6) is 0 Å². The van der Waals surface area contributed by atoms with Gasteiger partial charge in [-0.25, -0.2) is 0 Å². The molecule has 0 aromatic heterocycles. The van der Waals surface area contributed by atoms with Crippen LogP contribution in [0.25, 0.3) is 5.57 Å². The van der Waals surface area contributed by atoms with Gasteiger partial charge in [-0.1, -0.05) is 54.6 Å². The molecule has 0 saturated carbocycles. The molecular formula is C34H24N4O7. The number of carbonyl (C=O) groups is 3. The first kappa shape index (κ1) is 27.8. The summed E-state index contributed by atoms with van der Waals surface area (Å²) in [5, 5.41) is 26.0. The van der Waals surface area contributed by atoms with Gasteiger partial charge in [-0.3, -0.25) is 34.6 Å². The number of nitrogens with zero attached hydrogens (tertiary/aromatic N) is 3. The summed E-state index contributed by atoms with van der Waals surface area (Å²) in [6.07, 6.45) is 1.90. The lowest BCUT2D eigenvalue weighted by Gasteiger charge is -2.39. The van der Waals surface area contributed by atoms with E-state index in [-0.39, 0.29) is 22.5 Å². The standard InChI is InChI=1S/C34H24N4O7/c1-19-17-28-34(25-10-3-4-11-26(25)35-33(34)41)29(31(39)21-7-6-8-23(18-21)38(44)45)30(36(28)27-12-5-2-9-24(19)27)32(40)20-13-15-22(16-14-20)37(42)43/h2-18,28-30H,1H3,(H,35,41)/t28-,29+,30-,34+/m1/s1. The third-order valence-corrected chi connectivity index (χ3v) is 9.14. The Labute approximate surface area is 256 Å². The van der Waals surface area contributed by atoms with Gasteiger partial charge in [0.2, 0.25) is 5.91 Å². The van der Waals surface area contributed by atoms with Crippen molar-refractivity contribution in [3.05, 3.63) is 146 Å². The molecule has 45 heavy (non-hydrogen) atoms. The third kappa shape index (κ3) is 3.93. The number of nitro groups is 2. The van der Waals surface area contributed by atoms with Gasteiger partial charge >= 0.3 is 0 Å². The molecule has 4 aromatic rings. The fourth-order valence-electron chi connectivity index (χ4n) is 7.26. The van der Waals surface area contributed by atoms with Crippen LogP contribution in [0.2, 0.25) is 0 Å². The summed E-state index contributed by atoms with van der Waals surface area (Å²) >= 11 is 0. The molecule has 3 aliphatic rings. The van der Waals surface area contributed by atoms with Gasteiger partial charge in [0.25, 0.3) is 11.4 Å². The van der Waals surface area contributed by atoms with Crippen LogP contribution < -0.4 is 10.2 Å². The van der Waals surface area contributed by atoms with E-state index in [0.717, 1.165) is 17.2 Å². The van der Waals surface area contributed by atoms with Crippen molar-refractivity contribution >= 4 is 45.8 Å². The molecule has 11 nitrogen and oxygen atoms in total. The summed E-state index contributed by atoms with van der Waals surface area (Å²) in [6, 6.07) is 22.8. The van der Waals surface area contributed by atoms with Crippen LogP contribution in [0.3, 0.4) is 0 Å². The van der Waals surface area contributed by atoms with Gasteiger partial charge < -0.3 is 10.2 Å².